The van der Waals surface area contributed by atoms with Gasteiger partial charge >= 0.3 is 0 Å². The summed E-state index contributed by atoms with van der Waals surface area (Å²) in [6.07, 6.45) is 10.2. The summed E-state index contributed by atoms with van der Waals surface area (Å²) in [5.41, 5.74) is 0.207. The maximum absolute atomic E-state index is 11.9. The van der Waals surface area contributed by atoms with Crippen molar-refractivity contribution in [2.24, 2.45) is 0 Å². The van der Waals surface area contributed by atoms with Crippen LogP contribution in [-0.2, 0) is 5.41 Å². The molecule has 0 bridgehead atoms. The molecule has 216 valence electrons. The van der Waals surface area contributed by atoms with Crippen molar-refractivity contribution in [1.29, 1.82) is 0 Å². The van der Waals surface area contributed by atoms with E-state index in [1.54, 1.807) is 18.2 Å². The molecule has 13 heteroatoms. The van der Waals surface area contributed by atoms with E-state index < -0.39 is 42.4 Å². The topological polar surface area (TPSA) is 176 Å². The number of benzene rings is 3. The molecule has 0 radical (unpaired) electrons. The van der Waals surface area contributed by atoms with Gasteiger partial charge in [-0.15, -0.1) is 0 Å². The quantitative estimate of drug-likeness (QED) is 0.124. The number of anilines is 1. The van der Waals surface area contributed by atoms with Crippen molar-refractivity contribution < 1.29 is 19.7 Å². The Morgan fingerprint density at radius 3 is 1.63 bits per heavy atom. The highest BCUT2D eigenvalue weighted by molar-refractivity contribution is 6.08. The highest BCUT2D eigenvalue weighted by Gasteiger charge is 2.40. The van der Waals surface area contributed by atoms with E-state index in [-0.39, 0.29) is 33.2 Å². The molecule has 1 aliphatic heterocycles. The minimum Gasteiger partial charge on any atom is -0.347 e. The molecule has 1 aliphatic carbocycles. The van der Waals surface area contributed by atoms with Crippen molar-refractivity contribution in [3.63, 3.8) is 0 Å². The fourth-order valence-electron chi connectivity index (χ4n) is 5.73. The molecular weight excluding hydrogens is 558 g/mol. The summed E-state index contributed by atoms with van der Waals surface area (Å²) >= 11 is 0. The van der Waals surface area contributed by atoms with E-state index in [1.807, 2.05) is 37.4 Å². The van der Waals surface area contributed by atoms with Gasteiger partial charge in [0.05, 0.1) is 43.0 Å². The van der Waals surface area contributed by atoms with Crippen LogP contribution >= 0.6 is 0 Å². The Morgan fingerprint density at radius 1 is 0.674 bits per heavy atom. The maximum atomic E-state index is 11.9. The lowest BCUT2D eigenvalue weighted by molar-refractivity contribution is -0.395. The average Bonchev–Trinajstić information content (AvgIpc) is 3.37. The first kappa shape index (κ1) is 28.5. The zero-order valence-corrected chi connectivity index (χ0v) is 23.1. The van der Waals surface area contributed by atoms with Crippen molar-refractivity contribution >= 4 is 34.0 Å². The first-order valence-corrected chi connectivity index (χ1v) is 12.9. The highest BCUT2D eigenvalue weighted by atomic mass is 16.6. The van der Waals surface area contributed by atoms with Crippen LogP contribution in [0.4, 0.5) is 28.4 Å². The number of hydrogen-bond acceptors (Lipinski definition) is 9. The van der Waals surface area contributed by atoms with Crippen LogP contribution in [0.25, 0.3) is 16.7 Å². The van der Waals surface area contributed by atoms with Gasteiger partial charge in [0.25, 0.3) is 22.7 Å². The second kappa shape index (κ2) is 10.4. The van der Waals surface area contributed by atoms with Gasteiger partial charge in [-0.2, -0.15) is 0 Å². The van der Waals surface area contributed by atoms with Gasteiger partial charge in [0.15, 0.2) is 0 Å². The SMILES string of the molecule is CN1\C(=C/C=C/C=C/C=C2c3cc([N+](=O)[O-])cc([N+](=O)[O-])c3-c3c2cc([N+](=O)[O-])cc3[N+](=O)[O-])C(C)(C)c2ccccc21. The standard InChI is InChI=1S/C30H23N5O8/c1-30(2)23-11-8-9-12-24(23)31(3)27(30)13-7-5-4-6-10-20-21-14-18(32(36)37)16-25(34(40)41)28(21)29-22(20)15-19(33(38)39)17-26(29)35(42)43/h4-17H,1-3H3/b6-4+,7-5+,27-13-. The molecule has 0 unspecified atom stereocenters. The Labute approximate surface area is 244 Å². The molecule has 0 saturated heterocycles. The van der Waals surface area contributed by atoms with Crippen LogP contribution in [0.3, 0.4) is 0 Å². The Kier molecular flexibility index (Phi) is 6.94. The van der Waals surface area contributed by atoms with Gasteiger partial charge in [-0.05, 0) is 23.3 Å². The van der Waals surface area contributed by atoms with Crippen molar-refractivity contribution in [2.75, 3.05) is 11.9 Å². The normalized spacial score (nSPS) is 15.6. The maximum Gasteiger partial charge on any atom is 0.284 e. The summed E-state index contributed by atoms with van der Waals surface area (Å²) in [4.78, 5) is 45.8. The van der Waals surface area contributed by atoms with Gasteiger partial charge in [-0.3, -0.25) is 40.5 Å². The molecule has 2 aliphatic rings. The number of fused-ring (bicyclic) bond motifs is 4. The monoisotopic (exact) mass is 581 g/mol. The number of nitrogens with zero attached hydrogens (tertiary/aromatic N) is 5. The van der Waals surface area contributed by atoms with Crippen molar-refractivity contribution in [2.45, 2.75) is 19.3 Å². The lowest BCUT2D eigenvalue weighted by Crippen LogP contribution is -2.22. The van der Waals surface area contributed by atoms with E-state index in [9.17, 15) is 40.5 Å². The summed E-state index contributed by atoms with van der Waals surface area (Å²) in [7, 11) is 1.99. The Balaban J connectivity index is 1.60. The summed E-state index contributed by atoms with van der Waals surface area (Å²) in [5.74, 6) is 0. The van der Waals surface area contributed by atoms with Crippen molar-refractivity contribution in [3.05, 3.63) is 148 Å². The molecule has 3 aromatic rings. The summed E-state index contributed by atoms with van der Waals surface area (Å²) < 4.78 is 0. The van der Waals surface area contributed by atoms with Crippen molar-refractivity contribution in [3.8, 4) is 11.1 Å². The van der Waals surface area contributed by atoms with Crippen LogP contribution < -0.4 is 4.90 Å². The van der Waals surface area contributed by atoms with Gasteiger partial charge < -0.3 is 4.90 Å². The van der Waals surface area contributed by atoms with E-state index in [1.165, 1.54) is 11.6 Å². The first-order chi connectivity index (χ1) is 20.3. The fraction of sp³-hybridized carbons (Fsp3) is 0.133. The third-order valence-electron chi connectivity index (χ3n) is 7.64. The van der Waals surface area contributed by atoms with Crippen LogP contribution in [-0.4, -0.2) is 26.7 Å². The van der Waals surface area contributed by atoms with Gasteiger partial charge in [-0.25, -0.2) is 0 Å². The zero-order chi connectivity index (χ0) is 31.2. The summed E-state index contributed by atoms with van der Waals surface area (Å²) in [6, 6.07) is 11.7. The van der Waals surface area contributed by atoms with Crippen molar-refractivity contribution in [1.82, 2.24) is 0 Å². The van der Waals surface area contributed by atoms with E-state index in [2.05, 4.69) is 24.8 Å². The van der Waals surface area contributed by atoms with E-state index in [0.717, 1.165) is 35.6 Å². The Morgan fingerprint density at radius 2 is 1.16 bits per heavy atom. The fourth-order valence-corrected chi connectivity index (χ4v) is 5.73. The summed E-state index contributed by atoms with van der Waals surface area (Å²) in [5, 5.41) is 47.1. The van der Waals surface area contributed by atoms with Gasteiger partial charge in [-0.1, -0.05) is 62.4 Å². The Hall–Kier alpha value is -5.98. The molecule has 1 heterocycles. The van der Waals surface area contributed by atoms with Gasteiger partial charge in [0.1, 0.15) is 0 Å². The van der Waals surface area contributed by atoms with Crippen LogP contribution in [0.15, 0.2) is 90.7 Å². The van der Waals surface area contributed by atoms with E-state index >= 15 is 0 Å². The zero-order valence-electron chi connectivity index (χ0n) is 23.1. The number of non-ortho nitro benzene ring substituents is 2. The molecule has 0 N–H and O–H groups in total. The lowest BCUT2D eigenvalue weighted by atomic mass is 9.84. The minimum atomic E-state index is -0.865. The predicted molar refractivity (Wildman–Crippen MR) is 160 cm³/mol. The Bertz CT molecular complexity index is 1800. The van der Waals surface area contributed by atoms with Crippen LogP contribution in [0.2, 0.25) is 0 Å². The smallest absolute Gasteiger partial charge is 0.284 e. The largest absolute Gasteiger partial charge is 0.347 e. The van der Waals surface area contributed by atoms with E-state index in [4.69, 9.17) is 0 Å². The third kappa shape index (κ3) is 4.72. The number of nitro groups is 4. The molecule has 0 atom stereocenters. The van der Waals surface area contributed by atoms with Gasteiger partial charge in [0, 0.05) is 47.1 Å². The molecule has 0 amide bonds. The number of hydrogen-bond donors (Lipinski definition) is 0. The number of rotatable bonds is 7. The number of likely N-dealkylation sites (N-methyl/N-ethyl adjacent to an activating group) is 1. The lowest BCUT2D eigenvalue weighted by Gasteiger charge is -2.23. The highest BCUT2D eigenvalue weighted by Crippen LogP contribution is 2.54. The second-order valence-corrected chi connectivity index (χ2v) is 10.4. The predicted octanol–water partition coefficient (Wildman–Crippen LogP) is 7.16. The molecule has 0 spiro atoms. The summed E-state index contributed by atoms with van der Waals surface area (Å²) in [6.45, 7) is 4.25. The molecule has 0 fully saturated rings. The average molecular weight is 582 g/mol. The molecule has 43 heavy (non-hydrogen) atoms. The molecular formula is C30H23N5O8. The number of allylic oxidation sites excluding steroid dienone is 7. The van der Waals surface area contributed by atoms with Crippen LogP contribution in [0, 0.1) is 40.5 Å². The molecule has 0 saturated carbocycles. The molecule has 3 aromatic carbocycles. The molecule has 13 nitrogen and oxygen atoms in total. The molecule has 0 aromatic heterocycles. The van der Waals surface area contributed by atoms with Gasteiger partial charge in [0.2, 0.25) is 0 Å². The van der Waals surface area contributed by atoms with Crippen LogP contribution in [0.5, 0.6) is 0 Å². The van der Waals surface area contributed by atoms with Crippen LogP contribution in [0.1, 0.15) is 30.5 Å². The second-order valence-electron chi connectivity index (χ2n) is 10.4. The number of nitro benzene ring substituents is 4. The van der Waals surface area contributed by atoms with E-state index in [0.29, 0.717) is 0 Å². The third-order valence-corrected chi connectivity index (χ3v) is 7.64. The minimum absolute atomic E-state index is 0.0117. The first-order valence-electron chi connectivity index (χ1n) is 12.9. The molecule has 5 rings (SSSR count). The number of para-hydroxylation sites is 1.